The van der Waals surface area contributed by atoms with Gasteiger partial charge in [0.1, 0.15) is 11.9 Å². The smallest absolute Gasteiger partial charge is 0.326 e. The first-order valence-electron chi connectivity index (χ1n) is 6.30. The second-order valence-electron chi connectivity index (χ2n) is 5.00. The number of nitro benzene ring substituents is 1. The maximum absolute atomic E-state index is 13.4. The molecule has 0 radical (unpaired) electrons. The first kappa shape index (κ1) is 14.9. The van der Waals surface area contributed by atoms with Crippen molar-refractivity contribution in [2.24, 2.45) is 5.92 Å². The number of hydrogen-bond acceptors (Lipinski definition) is 4. The Morgan fingerprint density at radius 3 is 2.67 bits per heavy atom. The molecule has 1 aromatic rings. The summed E-state index contributed by atoms with van der Waals surface area (Å²) in [6, 6.07) is 1.53. The molecule has 0 aliphatic carbocycles. The van der Waals surface area contributed by atoms with Crippen LogP contribution in [-0.2, 0) is 4.79 Å². The van der Waals surface area contributed by atoms with E-state index in [9.17, 15) is 29.2 Å². The lowest BCUT2D eigenvalue weighted by Crippen LogP contribution is -2.42. The van der Waals surface area contributed by atoms with Crippen molar-refractivity contribution in [1.82, 2.24) is 4.90 Å². The van der Waals surface area contributed by atoms with E-state index in [4.69, 9.17) is 0 Å². The van der Waals surface area contributed by atoms with Gasteiger partial charge in [-0.05, 0) is 18.4 Å². The fraction of sp³-hybridized carbons (Fsp3) is 0.385. The number of carboxylic acids is 1. The van der Waals surface area contributed by atoms with E-state index in [-0.39, 0.29) is 18.0 Å². The minimum absolute atomic E-state index is 0.220. The highest BCUT2D eigenvalue weighted by molar-refractivity contribution is 5.97. The number of carboxylic acid groups (broad SMARTS) is 1. The average molecular weight is 296 g/mol. The lowest BCUT2D eigenvalue weighted by atomic mass is 10.0. The monoisotopic (exact) mass is 296 g/mol. The summed E-state index contributed by atoms with van der Waals surface area (Å²) in [7, 11) is 0. The number of benzene rings is 1. The molecule has 2 unspecified atom stereocenters. The number of carbonyl (C=O) groups is 2. The van der Waals surface area contributed by atoms with Crippen LogP contribution in [0.1, 0.15) is 23.7 Å². The van der Waals surface area contributed by atoms with Crippen molar-refractivity contribution in [3.8, 4) is 0 Å². The van der Waals surface area contributed by atoms with Gasteiger partial charge in [0.05, 0.1) is 11.0 Å². The fourth-order valence-corrected chi connectivity index (χ4v) is 2.52. The van der Waals surface area contributed by atoms with E-state index >= 15 is 0 Å². The molecule has 112 valence electrons. The van der Waals surface area contributed by atoms with Crippen LogP contribution in [0.4, 0.5) is 10.1 Å². The van der Waals surface area contributed by atoms with E-state index < -0.39 is 34.3 Å². The summed E-state index contributed by atoms with van der Waals surface area (Å²) in [6.07, 6.45) is 0.514. The van der Waals surface area contributed by atoms with E-state index in [1.165, 1.54) is 0 Å². The quantitative estimate of drug-likeness (QED) is 0.675. The van der Waals surface area contributed by atoms with Gasteiger partial charge in [0.15, 0.2) is 0 Å². The third kappa shape index (κ3) is 2.83. The fourth-order valence-electron chi connectivity index (χ4n) is 2.52. The molecule has 1 aliphatic heterocycles. The molecule has 1 aliphatic rings. The van der Waals surface area contributed by atoms with Crippen LogP contribution in [0.5, 0.6) is 0 Å². The standard InChI is InChI=1S/C13H13FN2O5/c1-7-2-3-15(11(7)13(18)19)12(17)8-4-9(14)6-10(5-8)16(20)21/h4-7,11H,2-3H2,1H3,(H,18,19). The molecule has 2 rings (SSSR count). The van der Waals surface area contributed by atoms with Crippen LogP contribution < -0.4 is 0 Å². The lowest BCUT2D eigenvalue weighted by Gasteiger charge is -2.23. The molecule has 0 aromatic heterocycles. The Hall–Kier alpha value is -2.51. The van der Waals surface area contributed by atoms with Crippen molar-refractivity contribution >= 4 is 17.6 Å². The molecule has 0 spiro atoms. The maximum Gasteiger partial charge on any atom is 0.326 e. The molecule has 0 saturated carbocycles. The molecule has 7 nitrogen and oxygen atoms in total. The summed E-state index contributed by atoms with van der Waals surface area (Å²) in [6.45, 7) is 1.93. The predicted octanol–water partition coefficient (Wildman–Crippen LogP) is 1.67. The van der Waals surface area contributed by atoms with Gasteiger partial charge >= 0.3 is 5.97 Å². The van der Waals surface area contributed by atoms with Crippen LogP contribution in [0.25, 0.3) is 0 Å². The summed E-state index contributed by atoms with van der Waals surface area (Å²) in [5.74, 6) is -2.99. The Kier molecular flexibility index (Phi) is 3.88. The number of amides is 1. The molecular weight excluding hydrogens is 283 g/mol. The van der Waals surface area contributed by atoms with Gasteiger partial charge in [-0.3, -0.25) is 14.9 Å². The molecule has 2 atom stereocenters. The van der Waals surface area contributed by atoms with Gasteiger partial charge < -0.3 is 10.0 Å². The number of aliphatic carboxylic acids is 1. The summed E-state index contributed by atoms with van der Waals surface area (Å²) in [5, 5.41) is 19.9. The van der Waals surface area contributed by atoms with Crippen molar-refractivity contribution in [3.63, 3.8) is 0 Å². The third-order valence-electron chi connectivity index (χ3n) is 3.55. The predicted molar refractivity (Wildman–Crippen MR) is 69.3 cm³/mol. The second-order valence-corrected chi connectivity index (χ2v) is 5.00. The Morgan fingerprint density at radius 2 is 2.10 bits per heavy atom. The zero-order chi connectivity index (χ0) is 15.7. The minimum atomic E-state index is -1.14. The summed E-state index contributed by atoms with van der Waals surface area (Å²) in [4.78, 5) is 34.5. The first-order chi connectivity index (χ1) is 9.81. The van der Waals surface area contributed by atoms with Gasteiger partial charge in [0, 0.05) is 18.2 Å². The molecule has 8 heteroatoms. The zero-order valence-corrected chi connectivity index (χ0v) is 11.2. The van der Waals surface area contributed by atoms with Crippen LogP contribution in [0.3, 0.4) is 0 Å². The largest absolute Gasteiger partial charge is 0.480 e. The highest BCUT2D eigenvalue weighted by atomic mass is 19.1. The van der Waals surface area contributed by atoms with Crippen LogP contribution in [0, 0.1) is 21.8 Å². The van der Waals surface area contributed by atoms with Gasteiger partial charge in [0.2, 0.25) is 0 Å². The highest BCUT2D eigenvalue weighted by Crippen LogP contribution is 2.27. The number of non-ortho nitro benzene ring substituents is 1. The van der Waals surface area contributed by atoms with Crippen LogP contribution in [0.15, 0.2) is 18.2 Å². The molecular formula is C13H13FN2O5. The molecule has 1 amide bonds. The average Bonchev–Trinajstić information content (AvgIpc) is 2.79. The number of carbonyl (C=O) groups excluding carboxylic acids is 1. The molecule has 21 heavy (non-hydrogen) atoms. The minimum Gasteiger partial charge on any atom is -0.480 e. The van der Waals surface area contributed by atoms with E-state index in [1.54, 1.807) is 6.92 Å². The van der Waals surface area contributed by atoms with Crippen molar-refractivity contribution in [2.45, 2.75) is 19.4 Å². The van der Waals surface area contributed by atoms with Gasteiger partial charge in [-0.15, -0.1) is 0 Å². The number of nitro groups is 1. The third-order valence-corrected chi connectivity index (χ3v) is 3.55. The van der Waals surface area contributed by atoms with Crippen LogP contribution in [-0.4, -0.2) is 39.4 Å². The number of halogens is 1. The number of nitrogens with zero attached hydrogens (tertiary/aromatic N) is 2. The van der Waals surface area contributed by atoms with Crippen LogP contribution >= 0.6 is 0 Å². The van der Waals surface area contributed by atoms with Gasteiger partial charge in [0.25, 0.3) is 11.6 Å². The summed E-state index contributed by atoms with van der Waals surface area (Å²) in [5.41, 5.74) is -0.764. The Balaban J connectivity index is 2.36. The van der Waals surface area contributed by atoms with Crippen molar-refractivity contribution in [1.29, 1.82) is 0 Å². The van der Waals surface area contributed by atoms with E-state index in [0.717, 1.165) is 17.0 Å². The van der Waals surface area contributed by atoms with E-state index in [2.05, 4.69) is 0 Å². The molecule has 1 N–H and O–H groups in total. The Bertz CT molecular complexity index is 619. The summed E-state index contributed by atoms with van der Waals surface area (Å²) >= 11 is 0. The van der Waals surface area contributed by atoms with E-state index in [1.807, 2.05) is 0 Å². The van der Waals surface area contributed by atoms with Gasteiger partial charge in [-0.2, -0.15) is 0 Å². The Morgan fingerprint density at radius 1 is 1.43 bits per heavy atom. The number of hydrogen-bond donors (Lipinski definition) is 1. The summed E-state index contributed by atoms with van der Waals surface area (Å²) < 4.78 is 13.4. The Labute approximate surface area is 119 Å². The number of likely N-dealkylation sites (tertiary alicyclic amines) is 1. The molecule has 1 aromatic carbocycles. The number of rotatable bonds is 3. The van der Waals surface area contributed by atoms with Gasteiger partial charge in [-0.25, -0.2) is 9.18 Å². The lowest BCUT2D eigenvalue weighted by molar-refractivity contribution is -0.385. The van der Waals surface area contributed by atoms with Crippen molar-refractivity contribution in [2.75, 3.05) is 6.54 Å². The normalized spacial score (nSPS) is 21.3. The maximum atomic E-state index is 13.4. The molecule has 1 saturated heterocycles. The molecule has 0 bridgehead atoms. The zero-order valence-electron chi connectivity index (χ0n) is 11.2. The molecule has 1 fully saturated rings. The van der Waals surface area contributed by atoms with Crippen molar-refractivity contribution in [3.05, 3.63) is 39.7 Å². The first-order valence-corrected chi connectivity index (χ1v) is 6.30. The van der Waals surface area contributed by atoms with Crippen LogP contribution in [0.2, 0.25) is 0 Å². The molecule has 1 heterocycles. The second kappa shape index (κ2) is 5.47. The van der Waals surface area contributed by atoms with Gasteiger partial charge in [-0.1, -0.05) is 6.92 Å². The SMILES string of the molecule is CC1CCN(C(=O)c2cc(F)cc([N+](=O)[O-])c2)C1C(=O)O. The van der Waals surface area contributed by atoms with E-state index in [0.29, 0.717) is 12.5 Å². The topological polar surface area (TPSA) is 101 Å². The highest BCUT2D eigenvalue weighted by Gasteiger charge is 2.40. The van der Waals surface area contributed by atoms with Crippen molar-refractivity contribution < 1.29 is 24.0 Å².